The standard InChI is InChI=1S/C21H24ClNO2S/c1-14-4-6-19(23-21(14)24-2)17(12-15-8-10-25-11-9-15)16-5-7-20(26-3)18(22)13-16/h4-7,12-13,15H,8-11H2,1-3H3/b17-12+. The number of hydrogen-bond donors (Lipinski definition) is 0. The molecule has 0 N–H and O–H groups in total. The number of thioether (sulfide) groups is 1. The highest BCUT2D eigenvalue weighted by atomic mass is 35.5. The molecular formula is C21H24ClNO2S. The molecule has 2 aromatic rings. The topological polar surface area (TPSA) is 31.4 Å². The highest BCUT2D eigenvalue weighted by Crippen LogP contribution is 2.33. The van der Waals surface area contributed by atoms with Crippen LogP contribution >= 0.6 is 23.4 Å². The van der Waals surface area contributed by atoms with Crippen LogP contribution < -0.4 is 4.74 Å². The summed E-state index contributed by atoms with van der Waals surface area (Å²) in [4.78, 5) is 5.81. The monoisotopic (exact) mass is 389 g/mol. The number of aryl methyl sites for hydroxylation is 1. The molecule has 0 aliphatic carbocycles. The van der Waals surface area contributed by atoms with Gasteiger partial charge in [0.15, 0.2) is 0 Å². The fourth-order valence-corrected chi connectivity index (χ4v) is 4.02. The second-order valence-corrected chi connectivity index (χ2v) is 7.66. The minimum atomic E-state index is 0.479. The number of methoxy groups -OCH3 is 1. The molecule has 1 saturated heterocycles. The molecule has 1 aromatic heterocycles. The molecule has 5 heteroatoms. The van der Waals surface area contributed by atoms with Crippen LogP contribution in [-0.4, -0.2) is 31.6 Å². The normalized spacial score (nSPS) is 15.9. The van der Waals surface area contributed by atoms with E-state index in [4.69, 9.17) is 26.1 Å². The zero-order valence-electron chi connectivity index (χ0n) is 15.4. The summed E-state index contributed by atoms with van der Waals surface area (Å²) >= 11 is 8.13. The van der Waals surface area contributed by atoms with E-state index in [0.29, 0.717) is 11.8 Å². The first kappa shape index (κ1) is 19.3. The third kappa shape index (κ3) is 4.43. The van der Waals surface area contributed by atoms with E-state index in [1.54, 1.807) is 18.9 Å². The molecule has 0 spiro atoms. The number of rotatable bonds is 5. The number of nitrogens with zero attached hydrogens (tertiary/aromatic N) is 1. The fourth-order valence-electron chi connectivity index (χ4n) is 3.15. The van der Waals surface area contributed by atoms with Crippen LogP contribution in [0.4, 0.5) is 0 Å². The summed E-state index contributed by atoms with van der Waals surface area (Å²) in [5, 5.41) is 0.770. The van der Waals surface area contributed by atoms with E-state index in [1.807, 2.05) is 19.2 Å². The van der Waals surface area contributed by atoms with Crippen molar-refractivity contribution in [3.05, 3.63) is 58.3 Å². The van der Waals surface area contributed by atoms with Crippen molar-refractivity contribution in [3.8, 4) is 5.88 Å². The van der Waals surface area contributed by atoms with Crippen LogP contribution in [0.25, 0.3) is 5.57 Å². The number of allylic oxidation sites excluding steroid dienone is 1. The number of benzene rings is 1. The highest BCUT2D eigenvalue weighted by molar-refractivity contribution is 7.98. The van der Waals surface area contributed by atoms with Crippen LogP contribution in [0.15, 0.2) is 41.3 Å². The van der Waals surface area contributed by atoms with Crippen molar-refractivity contribution in [1.82, 2.24) is 4.98 Å². The largest absolute Gasteiger partial charge is 0.481 e. The van der Waals surface area contributed by atoms with E-state index in [1.165, 1.54) is 0 Å². The number of hydrogen-bond acceptors (Lipinski definition) is 4. The van der Waals surface area contributed by atoms with Crippen LogP contribution in [0.3, 0.4) is 0 Å². The molecule has 0 amide bonds. The lowest BCUT2D eigenvalue weighted by Crippen LogP contribution is -2.14. The molecular weight excluding hydrogens is 366 g/mol. The van der Waals surface area contributed by atoms with Gasteiger partial charge < -0.3 is 9.47 Å². The first-order valence-corrected chi connectivity index (χ1v) is 10.4. The van der Waals surface area contributed by atoms with Gasteiger partial charge in [0.2, 0.25) is 5.88 Å². The van der Waals surface area contributed by atoms with Gasteiger partial charge in [-0.3, -0.25) is 0 Å². The van der Waals surface area contributed by atoms with E-state index < -0.39 is 0 Å². The zero-order chi connectivity index (χ0) is 18.5. The van der Waals surface area contributed by atoms with Crippen LogP contribution in [0.5, 0.6) is 5.88 Å². The Labute approximate surface area is 164 Å². The predicted octanol–water partition coefficient (Wildman–Crippen LogP) is 5.63. The van der Waals surface area contributed by atoms with Gasteiger partial charge in [-0.15, -0.1) is 11.8 Å². The molecule has 2 heterocycles. The number of aromatic nitrogens is 1. The van der Waals surface area contributed by atoms with Crippen molar-refractivity contribution in [1.29, 1.82) is 0 Å². The summed E-state index contributed by atoms with van der Waals surface area (Å²) in [5.74, 6) is 1.14. The minimum Gasteiger partial charge on any atom is -0.481 e. The summed E-state index contributed by atoms with van der Waals surface area (Å²) in [6, 6.07) is 10.3. The molecule has 0 bridgehead atoms. The number of ether oxygens (including phenoxy) is 2. The Balaban J connectivity index is 2.07. The van der Waals surface area contributed by atoms with Crippen LogP contribution in [0, 0.1) is 12.8 Å². The Morgan fingerprint density at radius 2 is 2.04 bits per heavy atom. The van der Waals surface area contributed by atoms with Gasteiger partial charge in [0.25, 0.3) is 0 Å². The fraction of sp³-hybridized carbons (Fsp3) is 0.381. The van der Waals surface area contributed by atoms with E-state index >= 15 is 0 Å². The smallest absolute Gasteiger partial charge is 0.216 e. The van der Waals surface area contributed by atoms with Crippen LogP contribution in [-0.2, 0) is 4.74 Å². The third-order valence-corrected chi connectivity index (χ3v) is 5.87. The summed E-state index contributed by atoms with van der Waals surface area (Å²) in [6.45, 7) is 3.62. The van der Waals surface area contributed by atoms with Gasteiger partial charge in [0, 0.05) is 29.2 Å². The van der Waals surface area contributed by atoms with Gasteiger partial charge in [0.1, 0.15) is 0 Å². The van der Waals surface area contributed by atoms with Gasteiger partial charge >= 0.3 is 0 Å². The Hall–Kier alpha value is -1.49. The molecule has 1 fully saturated rings. The minimum absolute atomic E-state index is 0.479. The molecule has 0 unspecified atom stereocenters. The second kappa shape index (κ2) is 8.94. The first-order valence-electron chi connectivity index (χ1n) is 8.78. The first-order chi connectivity index (χ1) is 12.6. The zero-order valence-corrected chi connectivity index (χ0v) is 17.0. The Bertz CT molecular complexity index is 801. The molecule has 3 nitrogen and oxygen atoms in total. The molecule has 26 heavy (non-hydrogen) atoms. The SMILES string of the molecule is COc1nc(/C(=C/C2CCOCC2)c2ccc(SC)c(Cl)c2)ccc1C. The van der Waals surface area contributed by atoms with E-state index in [2.05, 4.69) is 30.3 Å². The van der Waals surface area contributed by atoms with Crippen molar-refractivity contribution in [3.63, 3.8) is 0 Å². The van der Waals surface area contributed by atoms with Crippen molar-refractivity contribution >= 4 is 28.9 Å². The Morgan fingerprint density at radius 3 is 2.69 bits per heavy atom. The van der Waals surface area contributed by atoms with Crippen molar-refractivity contribution in [2.24, 2.45) is 5.92 Å². The van der Waals surface area contributed by atoms with E-state index in [-0.39, 0.29) is 0 Å². The number of halogens is 1. The average Bonchev–Trinajstić information content (AvgIpc) is 2.67. The third-order valence-electron chi connectivity index (χ3n) is 4.65. The van der Waals surface area contributed by atoms with Gasteiger partial charge in [-0.05, 0) is 55.7 Å². The quantitative estimate of drug-likeness (QED) is 0.620. The molecule has 3 rings (SSSR count). The Kier molecular flexibility index (Phi) is 6.63. The maximum atomic E-state index is 6.47. The summed E-state index contributed by atoms with van der Waals surface area (Å²) in [7, 11) is 1.66. The van der Waals surface area contributed by atoms with Gasteiger partial charge in [0.05, 0.1) is 17.8 Å². The number of pyridine rings is 1. The molecule has 1 aliphatic rings. The maximum Gasteiger partial charge on any atom is 0.216 e. The predicted molar refractivity (Wildman–Crippen MR) is 109 cm³/mol. The lowest BCUT2D eigenvalue weighted by molar-refractivity contribution is 0.0786. The summed E-state index contributed by atoms with van der Waals surface area (Å²) in [6.07, 6.45) is 6.42. The van der Waals surface area contributed by atoms with E-state index in [0.717, 1.165) is 58.4 Å². The molecule has 138 valence electrons. The molecule has 0 radical (unpaired) electrons. The second-order valence-electron chi connectivity index (χ2n) is 6.40. The van der Waals surface area contributed by atoms with Crippen molar-refractivity contribution in [2.75, 3.05) is 26.6 Å². The molecule has 1 aliphatic heterocycles. The Morgan fingerprint density at radius 1 is 1.27 bits per heavy atom. The average molecular weight is 390 g/mol. The maximum absolute atomic E-state index is 6.47. The van der Waals surface area contributed by atoms with Gasteiger partial charge in [-0.2, -0.15) is 0 Å². The molecule has 0 saturated carbocycles. The lowest BCUT2D eigenvalue weighted by atomic mass is 9.92. The lowest BCUT2D eigenvalue weighted by Gasteiger charge is -2.21. The van der Waals surface area contributed by atoms with Crippen LogP contribution in [0.1, 0.15) is 29.7 Å². The van der Waals surface area contributed by atoms with Crippen molar-refractivity contribution < 1.29 is 9.47 Å². The highest BCUT2D eigenvalue weighted by Gasteiger charge is 2.17. The van der Waals surface area contributed by atoms with Crippen molar-refractivity contribution in [2.45, 2.75) is 24.7 Å². The summed E-state index contributed by atoms with van der Waals surface area (Å²) in [5.41, 5.74) is 4.12. The van der Waals surface area contributed by atoms with E-state index in [9.17, 15) is 0 Å². The van der Waals surface area contributed by atoms with Crippen LogP contribution in [0.2, 0.25) is 5.02 Å². The van der Waals surface area contributed by atoms with Gasteiger partial charge in [-0.25, -0.2) is 4.98 Å². The van der Waals surface area contributed by atoms with Gasteiger partial charge in [-0.1, -0.05) is 29.8 Å². The molecule has 1 aromatic carbocycles. The molecule has 0 atom stereocenters. The summed E-state index contributed by atoms with van der Waals surface area (Å²) < 4.78 is 10.9.